The third-order valence-corrected chi connectivity index (χ3v) is 3.98. The molecular formula is C18H18ClNO5. The zero-order chi connectivity index (χ0) is 18.6. The third-order valence-electron chi connectivity index (χ3n) is 3.73. The van der Waals surface area contributed by atoms with E-state index < -0.39 is 10.7 Å². The first-order valence-corrected chi connectivity index (χ1v) is 8.08. The van der Waals surface area contributed by atoms with Crippen molar-refractivity contribution in [1.82, 2.24) is 0 Å². The largest absolute Gasteiger partial charge is 0.493 e. The van der Waals surface area contributed by atoms with E-state index in [1.165, 1.54) is 31.4 Å². The highest BCUT2D eigenvalue weighted by atomic mass is 35.5. The van der Waals surface area contributed by atoms with Crippen LogP contribution < -0.4 is 9.47 Å². The van der Waals surface area contributed by atoms with Gasteiger partial charge in [0.15, 0.2) is 17.3 Å². The standard InChI is InChI=1S/C18H18ClNO5/c1-4-11(2)25-17-9-14(15(20(22)23)10-16(17)24-3)18(21)12-5-7-13(19)8-6-12/h5-11H,4H2,1-3H3/t11-/m1/s1. The number of ether oxygens (including phenoxy) is 2. The Balaban J connectivity index is 2.57. The molecule has 0 aliphatic rings. The molecule has 0 amide bonds. The van der Waals surface area contributed by atoms with Crippen LogP contribution in [-0.2, 0) is 0 Å². The van der Waals surface area contributed by atoms with Crippen molar-refractivity contribution >= 4 is 23.1 Å². The van der Waals surface area contributed by atoms with E-state index in [9.17, 15) is 14.9 Å². The van der Waals surface area contributed by atoms with Gasteiger partial charge in [-0.05, 0) is 37.6 Å². The summed E-state index contributed by atoms with van der Waals surface area (Å²) in [6, 6.07) is 8.73. The average molecular weight is 364 g/mol. The molecule has 2 aromatic carbocycles. The van der Waals surface area contributed by atoms with E-state index in [2.05, 4.69) is 0 Å². The molecular weight excluding hydrogens is 346 g/mol. The van der Waals surface area contributed by atoms with Crippen LogP contribution in [0.4, 0.5) is 5.69 Å². The molecule has 0 radical (unpaired) electrons. The fourth-order valence-electron chi connectivity index (χ4n) is 2.19. The van der Waals surface area contributed by atoms with E-state index >= 15 is 0 Å². The molecule has 25 heavy (non-hydrogen) atoms. The SMILES string of the molecule is CC[C@@H](C)Oc1cc(C(=O)c2ccc(Cl)cc2)c([N+](=O)[O-])cc1OC. The molecule has 0 N–H and O–H groups in total. The summed E-state index contributed by atoms with van der Waals surface area (Å²) >= 11 is 5.83. The molecule has 132 valence electrons. The lowest BCUT2D eigenvalue weighted by Crippen LogP contribution is -2.12. The minimum Gasteiger partial charge on any atom is -0.493 e. The van der Waals surface area contributed by atoms with Crippen molar-refractivity contribution in [3.63, 3.8) is 0 Å². The predicted molar refractivity (Wildman–Crippen MR) is 94.9 cm³/mol. The quantitative estimate of drug-likeness (QED) is 0.406. The summed E-state index contributed by atoms with van der Waals surface area (Å²) in [5.41, 5.74) is -0.105. The maximum absolute atomic E-state index is 12.7. The van der Waals surface area contributed by atoms with Gasteiger partial charge in [0.25, 0.3) is 5.69 Å². The minimum atomic E-state index is -0.612. The molecule has 1 atom stereocenters. The van der Waals surface area contributed by atoms with E-state index in [0.717, 1.165) is 6.42 Å². The van der Waals surface area contributed by atoms with E-state index in [4.69, 9.17) is 21.1 Å². The first-order chi connectivity index (χ1) is 11.9. The Morgan fingerprint density at radius 2 is 1.88 bits per heavy atom. The number of carbonyl (C=O) groups is 1. The number of rotatable bonds is 7. The molecule has 0 unspecified atom stereocenters. The molecule has 0 aromatic heterocycles. The van der Waals surface area contributed by atoms with Crippen molar-refractivity contribution in [3.05, 3.63) is 62.7 Å². The Kier molecular flexibility index (Phi) is 5.98. The van der Waals surface area contributed by atoms with Crippen molar-refractivity contribution in [3.8, 4) is 11.5 Å². The molecule has 2 aromatic rings. The molecule has 7 heteroatoms. The number of nitrogens with zero attached hydrogens (tertiary/aromatic N) is 1. The first kappa shape index (κ1) is 18.7. The lowest BCUT2D eigenvalue weighted by molar-refractivity contribution is -0.385. The summed E-state index contributed by atoms with van der Waals surface area (Å²) in [5.74, 6) is 0.0134. The fraction of sp³-hybridized carbons (Fsp3) is 0.278. The zero-order valence-electron chi connectivity index (χ0n) is 14.1. The smallest absolute Gasteiger partial charge is 0.284 e. The van der Waals surface area contributed by atoms with Crippen LogP contribution in [0.3, 0.4) is 0 Å². The summed E-state index contributed by atoms with van der Waals surface area (Å²) < 4.78 is 10.9. The minimum absolute atomic E-state index is 0.0635. The Labute approximate surface area is 150 Å². The number of hydrogen-bond donors (Lipinski definition) is 0. The van der Waals surface area contributed by atoms with Crippen LogP contribution >= 0.6 is 11.6 Å². The molecule has 0 bridgehead atoms. The van der Waals surface area contributed by atoms with Gasteiger partial charge >= 0.3 is 0 Å². The number of carbonyl (C=O) groups excluding carboxylic acids is 1. The van der Waals surface area contributed by atoms with Gasteiger partial charge in [-0.1, -0.05) is 18.5 Å². The topological polar surface area (TPSA) is 78.7 Å². The monoisotopic (exact) mass is 363 g/mol. The van der Waals surface area contributed by atoms with E-state index in [1.807, 2.05) is 13.8 Å². The van der Waals surface area contributed by atoms with Gasteiger partial charge in [0.1, 0.15) is 5.56 Å². The van der Waals surface area contributed by atoms with Crippen LogP contribution in [0.2, 0.25) is 5.02 Å². The second-order valence-corrected chi connectivity index (χ2v) is 5.89. The molecule has 0 saturated heterocycles. The lowest BCUT2D eigenvalue weighted by Gasteiger charge is -2.16. The number of hydrogen-bond acceptors (Lipinski definition) is 5. The van der Waals surface area contributed by atoms with E-state index in [-0.39, 0.29) is 23.1 Å². The summed E-state index contributed by atoms with van der Waals surface area (Å²) in [7, 11) is 1.39. The van der Waals surface area contributed by atoms with Crippen LogP contribution in [0.25, 0.3) is 0 Å². The van der Waals surface area contributed by atoms with Crippen LogP contribution in [0.1, 0.15) is 36.2 Å². The van der Waals surface area contributed by atoms with Gasteiger partial charge in [-0.25, -0.2) is 0 Å². The van der Waals surface area contributed by atoms with Gasteiger partial charge in [-0.3, -0.25) is 14.9 Å². The summed E-state index contributed by atoms with van der Waals surface area (Å²) in [4.78, 5) is 23.5. The van der Waals surface area contributed by atoms with Gasteiger partial charge in [0, 0.05) is 16.7 Å². The van der Waals surface area contributed by atoms with Crippen molar-refractivity contribution in [1.29, 1.82) is 0 Å². The summed E-state index contributed by atoms with van der Waals surface area (Å²) in [6.45, 7) is 3.81. The molecule has 0 saturated carbocycles. The maximum Gasteiger partial charge on any atom is 0.284 e. The van der Waals surface area contributed by atoms with Gasteiger partial charge < -0.3 is 9.47 Å². The molecule has 6 nitrogen and oxygen atoms in total. The second-order valence-electron chi connectivity index (χ2n) is 5.45. The lowest BCUT2D eigenvalue weighted by atomic mass is 10.0. The summed E-state index contributed by atoms with van der Waals surface area (Å²) in [5, 5.41) is 11.9. The van der Waals surface area contributed by atoms with Crippen molar-refractivity contribution < 1.29 is 19.2 Å². The maximum atomic E-state index is 12.7. The predicted octanol–water partition coefficient (Wildman–Crippen LogP) is 4.67. The van der Waals surface area contributed by atoms with Crippen molar-refractivity contribution in [2.75, 3.05) is 7.11 Å². The van der Waals surface area contributed by atoms with Gasteiger partial charge in [-0.2, -0.15) is 0 Å². The van der Waals surface area contributed by atoms with E-state index in [1.54, 1.807) is 12.1 Å². The van der Waals surface area contributed by atoms with Crippen molar-refractivity contribution in [2.24, 2.45) is 0 Å². The second kappa shape index (κ2) is 7.98. The molecule has 0 heterocycles. The number of halogens is 1. The third kappa shape index (κ3) is 4.28. The van der Waals surface area contributed by atoms with Crippen LogP contribution in [0.15, 0.2) is 36.4 Å². The van der Waals surface area contributed by atoms with Crippen LogP contribution in [-0.4, -0.2) is 23.9 Å². The van der Waals surface area contributed by atoms with Crippen LogP contribution in [0, 0.1) is 10.1 Å². The van der Waals surface area contributed by atoms with Gasteiger partial charge in [-0.15, -0.1) is 0 Å². The van der Waals surface area contributed by atoms with Crippen molar-refractivity contribution in [2.45, 2.75) is 26.4 Å². The van der Waals surface area contributed by atoms with E-state index in [0.29, 0.717) is 16.3 Å². The van der Waals surface area contributed by atoms with Crippen LogP contribution in [0.5, 0.6) is 11.5 Å². The summed E-state index contributed by atoms with van der Waals surface area (Å²) in [6.07, 6.45) is 0.606. The fourth-order valence-corrected chi connectivity index (χ4v) is 2.32. The molecule has 2 rings (SSSR count). The number of methoxy groups -OCH3 is 1. The molecule has 0 aliphatic carbocycles. The Morgan fingerprint density at radius 1 is 1.24 bits per heavy atom. The highest BCUT2D eigenvalue weighted by Gasteiger charge is 2.26. The number of benzene rings is 2. The van der Waals surface area contributed by atoms with Gasteiger partial charge in [0.2, 0.25) is 0 Å². The Morgan fingerprint density at radius 3 is 2.40 bits per heavy atom. The zero-order valence-corrected chi connectivity index (χ0v) is 14.9. The Bertz CT molecular complexity index is 789. The number of ketones is 1. The molecule has 0 aliphatic heterocycles. The molecule has 0 fully saturated rings. The highest BCUT2D eigenvalue weighted by molar-refractivity contribution is 6.30. The average Bonchev–Trinajstić information content (AvgIpc) is 2.61. The number of nitro benzene ring substituents is 1. The van der Waals surface area contributed by atoms with Gasteiger partial charge in [0.05, 0.1) is 24.2 Å². The highest BCUT2D eigenvalue weighted by Crippen LogP contribution is 2.36. The normalized spacial score (nSPS) is 11.7. The first-order valence-electron chi connectivity index (χ1n) is 7.70. The molecule has 0 spiro atoms. The number of nitro groups is 1. The Hall–Kier alpha value is -2.60.